The highest BCUT2D eigenvalue weighted by atomic mass is 79.9. The van der Waals surface area contributed by atoms with Gasteiger partial charge in [-0.05, 0) is 36.8 Å². The van der Waals surface area contributed by atoms with E-state index in [4.69, 9.17) is 10.5 Å². The highest BCUT2D eigenvalue weighted by molar-refractivity contribution is 9.10. The molecule has 0 radical (unpaired) electrons. The third-order valence-corrected chi connectivity index (χ3v) is 7.70. The van der Waals surface area contributed by atoms with Crippen molar-refractivity contribution in [2.45, 2.75) is 23.0 Å². The lowest BCUT2D eigenvalue weighted by atomic mass is 9.99. The van der Waals surface area contributed by atoms with Crippen molar-refractivity contribution in [2.24, 2.45) is 11.1 Å². The highest BCUT2D eigenvalue weighted by Gasteiger charge is 2.75. The summed E-state index contributed by atoms with van der Waals surface area (Å²) in [6.07, 6.45) is 0. The summed E-state index contributed by atoms with van der Waals surface area (Å²) < 4.78 is 32.6. The Hall–Kier alpha value is -1.70. The van der Waals surface area contributed by atoms with Crippen LogP contribution in [0.4, 0.5) is 0 Å². The van der Waals surface area contributed by atoms with Gasteiger partial charge in [0.25, 0.3) is 0 Å². The van der Waals surface area contributed by atoms with Crippen molar-refractivity contribution in [1.29, 1.82) is 0 Å². The number of ether oxygens (including phenoxy) is 1. The van der Waals surface area contributed by atoms with Gasteiger partial charge in [0, 0.05) is 16.9 Å². The molecule has 1 saturated carbocycles. The normalized spacial score (nSPS) is 24.9. The maximum absolute atomic E-state index is 13.3. The fourth-order valence-electron chi connectivity index (χ4n) is 3.59. The van der Waals surface area contributed by atoms with E-state index in [-0.39, 0.29) is 18.0 Å². The van der Waals surface area contributed by atoms with Crippen molar-refractivity contribution in [3.63, 3.8) is 0 Å². The molecule has 0 unspecified atom stereocenters. The molecule has 1 fully saturated rings. The first-order valence-electron chi connectivity index (χ1n) is 8.31. The number of sulfone groups is 1. The molecule has 2 aromatic carbocycles. The Bertz CT molecular complexity index is 899. The lowest BCUT2D eigenvalue weighted by Gasteiger charge is -2.14. The van der Waals surface area contributed by atoms with Crippen LogP contribution in [0.3, 0.4) is 0 Å². The van der Waals surface area contributed by atoms with E-state index < -0.39 is 32.4 Å². The minimum Gasteiger partial charge on any atom is -0.465 e. The number of carbonyl (C=O) groups is 1. The first-order valence-corrected chi connectivity index (χ1v) is 10.6. The van der Waals surface area contributed by atoms with Gasteiger partial charge in [-0.3, -0.25) is 4.79 Å². The SMILES string of the molecule is CCOC(=O)[C@@]1(CN)[C@H](c2ccc(Br)cc2)[C@@H]1S(=O)(=O)c1ccccc1. The van der Waals surface area contributed by atoms with Gasteiger partial charge in [0.1, 0.15) is 5.41 Å². The summed E-state index contributed by atoms with van der Waals surface area (Å²) in [5, 5.41) is -0.942. The molecule has 0 aliphatic heterocycles. The van der Waals surface area contributed by atoms with Crippen molar-refractivity contribution in [1.82, 2.24) is 0 Å². The quantitative estimate of drug-likeness (QED) is 0.701. The molecule has 0 aromatic heterocycles. The summed E-state index contributed by atoms with van der Waals surface area (Å²) in [6, 6.07) is 15.4. The van der Waals surface area contributed by atoms with Crippen LogP contribution >= 0.6 is 15.9 Å². The molecular weight excluding hydrogens is 418 g/mol. The molecule has 138 valence electrons. The van der Waals surface area contributed by atoms with Crippen LogP contribution in [0.15, 0.2) is 64.0 Å². The lowest BCUT2D eigenvalue weighted by molar-refractivity contribution is -0.149. The van der Waals surface area contributed by atoms with E-state index in [0.29, 0.717) is 0 Å². The second-order valence-corrected chi connectivity index (χ2v) is 9.26. The third-order valence-electron chi connectivity index (χ3n) is 4.88. The highest BCUT2D eigenvalue weighted by Crippen LogP contribution is 2.64. The number of benzene rings is 2. The predicted octanol–water partition coefficient (Wildman–Crippen LogP) is 2.90. The second kappa shape index (κ2) is 7.13. The van der Waals surface area contributed by atoms with E-state index in [0.717, 1.165) is 10.0 Å². The Morgan fingerprint density at radius 2 is 1.77 bits per heavy atom. The molecule has 5 nitrogen and oxygen atoms in total. The molecule has 0 amide bonds. The smallest absolute Gasteiger partial charge is 0.315 e. The maximum Gasteiger partial charge on any atom is 0.315 e. The Morgan fingerprint density at radius 3 is 2.31 bits per heavy atom. The Morgan fingerprint density at radius 1 is 1.15 bits per heavy atom. The summed E-state index contributed by atoms with van der Waals surface area (Å²) in [5.41, 5.74) is 5.44. The molecule has 3 atom stereocenters. The number of hydrogen-bond donors (Lipinski definition) is 1. The minimum atomic E-state index is -3.75. The van der Waals surface area contributed by atoms with Gasteiger partial charge in [0.2, 0.25) is 0 Å². The average Bonchev–Trinajstić information content (AvgIpc) is 3.35. The van der Waals surface area contributed by atoms with Crippen molar-refractivity contribution < 1.29 is 17.9 Å². The monoisotopic (exact) mass is 437 g/mol. The number of carbonyl (C=O) groups excluding carboxylic acids is 1. The van der Waals surface area contributed by atoms with Crippen LogP contribution in [0.1, 0.15) is 18.4 Å². The molecule has 0 heterocycles. The van der Waals surface area contributed by atoms with E-state index in [1.165, 1.54) is 0 Å². The van der Waals surface area contributed by atoms with E-state index in [2.05, 4.69) is 15.9 Å². The van der Waals surface area contributed by atoms with Crippen molar-refractivity contribution in [2.75, 3.05) is 13.2 Å². The summed E-state index contributed by atoms with van der Waals surface area (Å²) in [6.45, 7) is 1.77. The second-order valence-electron chi connectivity index (χ2n) is 6.27. The van der Waals surface area contributed by atoms with E-state index in [1.54, 1.807) is 37.3 Å². The van der Waals surface area contributed by atoms with E-state index in [1.807, 2.05) is 24.3 Å². The van der Waals surface area contributed by atoms with Crippen LogP contribution < -0.4 is 5.73 Å². The predicted molar refractivity (Wildman–Crippen MR) is 102 cm³/mol. The number of esters is 1. The van der Waals surface area contributed by atoms with E-state index in [9.17, 15) is 13.2 Å². The fraction of sp³-hybridized carbons (Fsp3) is 0.316. The van der Waals surface area contributed by atoms with Gasteiger partial charge in [-0.15, -0.1) is 0 Å². The van der Waals surface area contributed by atoms with Crippen molar-refractivity contribution >= 4 is 31.7 Å². The molecule has 2 aromatic rings. The lowest BCUT2D eigenvalue weighted by Crippen LogP contribution is -2.33. The number of hydrogen-bond acceptors (Lipinski definition) is 5. The topological polar surface area (TPSA) is 86.5 Å². The Balaban J connectivity index is 2.11. The van der Waals surface area contributed by atoms with Gasteiger partial charge in [-0.1, -0.05) is 46.3 Å². The van der Waals surface area contributed by atoms with Crippen LogP contribution in [0, 0.1) is 5.41 Å². The molecule has 1 aliphatic rings. The molecule has 0 bridgehead atoms. The van der Waals surface area contributed by atoms with Gasteiger partial charge < -0.3 is 10.5 Å². The van der Waals surface area contributed by atoms with Crippen LogP contribution in [0.25, 0.3) is 0 Å². The maximum atomic E-state index is 13.3. The summed E-state index contributed by atoms with van der Waals surface area (Å²) >= 11 is 3.37. The molecular formula is C19H20BrNO4S. The van der Waals surface area contributed by atoms with Crippen LogP contribution in [0.5, 0.6) is 0 Å². The largest absolute Gasteiger partial charge is 0.465 e. The van der Waals surface area contributed by atoms with Crippen molar-refractivity contribution in [3.05, 3.63) is 64.6 Å². The third kappa shape index (κ3) is 2.98. The first-order chi connectivity index (χ1) is 12.4. The molecule has 7 heteroatoms. The molecule has 1 aliphatic carbocycles. The zero-order valence-electron chi connectivity index (χ0n) is 14.3. The summed E-state index contributed by atoms with van der Waals surface area (Å²) in [4.78, 5) is 12.9. The summed E-state index contributed by atoms with van der Waals surface area (Å²) in [7, 11) is -3.75. The van der Waals surface area contributed by atoms with Gasteiger partial charge in [-0.2, -0.15) is 0 Å². The molecule has 3 rings (SSSR count). The fourth-order valence-corrected chi connectivity index (χ4v) is 6.26. The van der Waals surface area contributed by atoms with Crippen LogP contribution in [-0.2, 0) is 19.4 Å². The Kier molecular flexibility index (Phi) is 5.23. The first kappa shape index (κ1) is 19.1. The van der Waals surface area contributed by atoms with Crippen molar-refractivity contribution in [3.8, 4) is 0 Å². The molecule has 26 heavy (non-hydrogen) atoms. The van der Waals surface area contributed by atoms with Crippen LogP contribution in [0.2, 0.25) is 0 Å². The minimum absolute atomic E-state index is 0.0940. The Labute approximate surface area is 161 Å². The number of nitrogens with two attached hydrogens (primary N) is 1. The van der Waals surface area contributed by atoms with Gasteiger partial charge >= 0.3 is 5.97 Å². The van der Waals surface area contributed by atoms with Gasteiger partial charge in [-0.25, -0.2) is 8.42 Å². The van der Waals surface area contributed by atoms with Crippen LogP contribution in [-0.4, -0.2) is 32.8 Å². The summed E-state index contributed by atoms with van der Waals surface area (Å²) in [5.74, 6) is -1.09. The molecule has 2 N–H and O–H groups in total. The number of halogens is 1. The zero-order chi connectivity index (χ0) is 18.9. The average molecular weight is 438 g/mol. The van der Waals surface area contributed by atoms with Gasteiger partial charge in [0.15, 0.2) is 9.84 Å². The van der Waals surface area contributed by atoms with E-state index >= 15 is 0 Å². The number of rotatable bonds is 6. The van der Waals surface area contributed by atoms with Gasteiger partial charge in [0.05, 0.1) is 16.8 Å². The standard InChI is InChI=1S/C19H20BrNO4S/c1-2-25-18(22)19(12-21)16(13-8-10-14(20)11-9-13)17(19)26(23,24)15-6-4-3-5-7-15/h3-11,16-17H,2,12,21H2,1H3/t16-,17+,19+/m1/s1. The zero-order valence-corrected chi connectivity index (χ0v) is 16.7. The molecule has 0 saturated heterocycles. The molecule has 0 spiro atoms.